The van der Waals surface area contributed by atoms with Crippen LogP contribution in [0.1, 0.15) is 54.1 Å². The molecular weight excluding hydrogens is 456 g/mol. The Hall–Kier alpha value is -3.04. The second kappa shape index (κ2) is 9.68. The van der Waals surface area contributed by atoms with Gasteiger partial charge in [0.15, 0.2) is 11.5 Å². The van der Waals surface area contributed by atoms with Crippen LogP contribution in [0.4, 0.5) is 5.00 Å². The van der Waals surface area contributed by atoms with Crippen LogP contribution >= 0.6 is 11.3 Å². The SMILES string of the molecule is COC(=O)c1c(NC(=O)/C=C/c2cc(OC)c(OC)c(OC)c2)sc2c1CC(C)(C)NC2(C)C. The number of ether oxygens (including phenoxy) is 4. The van der Waals surface area contributed by atoms with Gasteiger partial charge in [-0.1, -0.05) is 0 Å². The maximum Gasteiger partial charge on any atom is 0.341 e. The number of carbonyl (C=O) groups excluding carboxylic acids is 2. The van der Waals surface area contributed by atoms with Crippen LogP contribution in [0.3, 0.4) is 0 Å². The molecule has 0 unspecified atom stereocenters. The summed E-state index contributed by atoms with van der Waals surface area (Å²) in [7, 11) is 5.94. The topological polar surface area (TPSA) is 95.1 Å². The third-order valence-electron chi connectivity index (χ3n) is 5.58. The van der Waals surface area contributed by atoms with Crippen LogP contribution in [0.15, 0.2) is 18.2 Å². The number of hydrogen-bond donors (Lipinski definition) is 2. The van der Waals surface area contributed by atoms with E-state index in [-0.39, 0.29) is 17.0 Å². The van der Waals surface area contributed by atoms with Gasteiger partial charge >= 0.3 is 5.97 Å². The van der Waals surface area contributed by atoms with Crippen molar-refractivity contribution in [1.82, 2.24) is 5.32 Å². The van der Waals surface area contributed by atoms with Crippen molar-refractivity contribution in [3.05, 3.63) is 39.8 Å². The second-order valence-electron chi connectivity index (χ2n) is 9.20. The molecule has 34 heavy (non-hydrogen) atoms. The van der Waals surface area contributed by atoms with Crippen molar-refractivity contribution >= 4 is 34.3 Å². The molecule has 2 N–H and O–H groups in total. The number of benzene rings is 1. The van der Waals surface area contributed by atoms with Crippen molar-refractivity contribution in [3.8, 4) is 17.2 Å². The Balaban J connectivity index is 1.93. The molecule has 0 fully saturated rings. The van der Waals surface area contributed by atoms with E-state index >= 15 is 0 Å². The summed E-state index contributed by atoms with van der Waals surface area (Å²) in [5.74, 6) is 0.603. The average Bonchev–Trinajstić information content (AvgIpc) is 3.13. The number of anilines is 1. The molecule has 1 aromatic carbocycles. The van der Waals surface area contributed by atoms with Gasteiger partial charge in [0.1, 0.15) is 5.00 Å². The Morgan fingerprint density at radius 3 is 2.18 bits per heavy atom. The lowest BCUT2D eigenvalue weighted by Crippen LogP contribution is -2.55. The van der Waals surface area contributed by atoms with E-state index < -0.39 is 5.97 Å². The van der Waals surface area contributed by atoms with Crippen LogP contribution in [-0.2, 0) is 21.5 Å². The molecule has 8 nitrogen and oxygen atoms in total. The summed E-state index contributed by atoms with van der Waals surface area (Å²) in [5.41, 5.74) is 1.44. The van der Waals surface area contributed by atoms with Gasteiger partial charge in [-0.15, -0.1) is 11.3 Å². The number of nitrogens with one attached hydrogen (secondary N) is 2. The summed E-state index contributed by atoms with van der Waals surface area (Å²) < 4.78 is 21.1. The van der Waals surface area contributed by atoms with Gasteiger partial charge < -0.3 is 29.6 Å². The molecule has 1 aliphatic heterocycles. The van der Waals surface area contributed by atoms with E-state index in [0.29, 0.717) is 39.8 Å². The lowest BCUT2D eigenvalue weighted by Gasteiger charge is -2.42. The lowest BCUT2D eigenvalue weighted by atomic mass is 9.81. The fraction of sp³-hybridized carbons (Fsp3) is 0.440. The van der Waals surface area contributed by atoms with Gasteiger partial charge in [0, 0.05) is 22.0 Å². The number of methoxy groups -OCH3 is 4. The first-order chi connectivity index (χ1) is 16.0. The monoisotopic (exact) mass is 488 g/mol. The first-order valence-electron chi connectivity index (χ1n) is 10.8. The number of amides is 1. The molecule has 2 aromatic rings. The maximum absolute atomic E-state index is 12.8. The summed E-state index contributed by atoms with van der Waals surface area (Å²) in [5, 5.41) is 6.97. The van der Waals surface area contributed by atoms with Gasteiger partial charge in [-0.3, -0.25) is 4.79 Å². The van der Waals surface area contributed by atoms with Gasteiger partial charge in [-0.05, 0) is 63.5 Å². The average molecular weight is 489 g/mol. The van der Waals surface area contributed by atoms with E-state index in [1.807, 2.05) is 0 Å². The Kier molecular flexibility index (Phi) is 7.28. The molecule has 3 rings (SSSR count). The summed E-state index contributed by atoms with van der Waals surface area (Å²) in [6, 6.07) is 3.48. The number of rotatable bonds is 7. The van der Waals surface area contributed by atoms with E-state index in [4.69, 9.17) is 18.9 Å². The van der Waals surface area contributed by atoms with E-state index in [9.17, 15) is 9.59 Å². The fourth-order valence-electron chi connectivity index (χ4n) is 4.46. The highest BCUT2D eigenvalue weighted by molar-refractivity contribution is 7.17. The van der Waals surface area contributed by atoms with Crippen LogP contribution < -0.4 is 24.8 Å². The molecule has 0 saturated carbocycles. The van der Waals surface area contributed by atoms with Crippen molar-refractivity contribution in [2.45, 2.75) is 45.2 Å². The van der Waals surface area contributed by atoms with Gasteiger partial charge in [0.25, 0.3) is 0 Å². The molecule has 2 heterocycles. The Labute approximate surface area is 204 Å². The van der Waals surface area contributed by atoms with E-state index in [2.05, 4.69) is 38.3 Å². The minimum atomic E-state index is -0.463. The molecule has 0 aliphatic carbocycles. The van der Waals surface area contributed by atoms with Gasteiger partial charge in [0.05, 0.1) is 34.0 Å². The minimum absolute atomic E-state index is 0.214. The number of fused-ring (bicyclic) bond motifs is 1. The second-order valence-corrected chi connectivity index (χ2v) is 10.2. The summed E-state index contributed by atoms with van der Waals surface area (Å²) in [6.07, 6.45) is 3.68. The smallest absolute Gasteiger partial charge is 0.341 e. The highest BCUT2D eigenvalue weighted by Gasteiger charge is 2.42. The quantitative estimate of drug-likeness (QED) is 0.441. The zero-order valence-electron chi connectivity index (χ0n) is 20.9. The molecule has 0 bridgehead atoms. The number of esters is 1. The van der Waals surface area contributed by atoms with E-state index in [0.717, 1.165) is 10.4 Å². The number of carbonyl (C=O) groups is 2. The first-order valence-corrected chi connectivity index (χ1v) is 11.6. The predicted molar refractivity (Wildman–Crippen MR) is 133 cm³/mol. The van der Waals surface area contributed by atoms with Crippen LogP contribution in [0, 0.1) is 0 Å². The van der Waals surface area contributed by atoms with E-state index in [1.165, 1.54) is 45.9 Å². The van der Waals surface area contributed by atoms with Crippen molar-refractivity contribution < 1.29 is 28.5 Å². The van der Waals surface area contributed by atoms with Gasteiger partial charge in [0.2, 0.25) is 11.7 Å². The Bertz CT molecular complexity index is 1110. The Morgan fingerprint density at radius 1 is 1.03 bits per heavy atom. The summed E-state index contributed by atoms with van der Waals surface area (Å²) >= 11 is 1.39. The molecule has 0 radical (unpaired) electrons. The van der Waals surface area contributed by atoms with Crippen LogP contribution in [0.5, 0.6) is 17.2 Å². The normalized spacial score (nSPS) is 16.0. The molecule has 9 heteroatoms. The number of hydrogen-bond acceptors (Lipinski definition) is 8. The highest BCUT2D eigenvalue weighted by Crippen LogP contribution is 2.45. The van der Waals surface area contributed by atoms with Crippen LogP contribution in [0.2, 0.25) is 0 Å². The zero-order valence-corrected chi connectivity index (χ0v) is 21.7. The molecule has 0 saturated heterocycles. The van der Waals surface area contributed by atoms with Gasteiger partial charge in [-0.2, -0.15) is 0 Å². The van der Waals surface area contributed by atoms with Crippen LogP contribution in [0.25, 0.3) is 6.08 Å². The molecular formula is C25H32N2O6S. The highest BCUT2D eigenvalue weighted by atomic mass is 32.1. The first kappa shape index (κ1) is 25.6. The van der Waals surface area contributed by atoms with Crippen molar-refractivity contribution in [1.29, 1.82) is 0 Å². The fourth-order valence-corrected chi connectivity index (χ4v) is 5.72. The van der Waals surface area contributed by atoms with Crippen molar-refractivity contribution in [2.75, 3.05) is 33.8 Å². The van der Waals surface area contributed by atoms with Gasteiger partial charge in [-0.25, -0.2) is 4.79 Å². The molecule has 1 amide bonds. The Morgan fingerprint density at radius 2 is 1.65 bits per heavy atom. The third-order valence-corrected chi connectivity index (χ3v) is 7.06. The predicted octanol–water partition coefficient (Wildman–Crippen LogP) is 4.37. The largest absolute Gasteiger partial charge is 0.493 e. The third kappa shape index (κ3) is 5.05. The molecule has 0 spiro atoms. The standard InChI is InChI=1S/C25H32N2O6S/c1-24(2)13-15-19(23(29)33-8)22(34-21(15)25(3,4)27-24)26-18(28)10-9-14-11-16(30-5)20(32-7)17(12-14)31-6/h9-12,27H,13H2,1-8H3,(H,26,28)/b10-9+. The van der Waals surface area contributed by atoms with Crippen molar-refractivity contribution in [2.24, 2.45) is 0 Å². The molecule has 1 aromatic heterocycles. The number of thiophene rings is 1. The summed E-state index contributed by atoms with van der Waals surface area (Å²) in [4.78, 5) is 26.6. The minimum Gasteiger partial charge on any atom is -0.493 e. The zero-order chi connectivity index (χ0) is 25.3. The summed E-state index contributed by atoms with van der Waals surface area (Å²) in [6.45, 7) is 8.32. The lowest BCUT2D eigenvalue weighted by molar-refractivity contribution is -0.111. The van der Waals surface area contributed by atoms with Crippen molar-refractivity contribution in [3.63, 3.8) is 0 Å². The maximum atomic E-state index is 12.8. The molecule has 1 aliphatic rings. The van der Waals surface area contributed by atoms with E-state index in [1.54, 1.807) is 18.2 Å². The van der Waals surface area contributed by atoms with Crippen LogP contribution in [-0.4, -0.2) is 45.9 Å². The molecule has 0 atom stereocenters. The molecule has 184 valence electrons.